The second-order valence-electron chi connectivity index (χ2n) is 5.35. The van der Waals surface area contributed by atoms with Crippen LogP contribution in [-0.4, -0.2) is 11.6 Å². The van der Waals surface area contributed by atoms with Crippen LogP contribution in [-0.2, 0) is 0 Å². The fourth-order valence-electron chi connectivity index (χ4n) is 2.23. The van der Waals surface area contributed by atoms with E-state index in [0.717, 1.165) is 18.8 Å². The summed E-state index contributed by atoms with van der Waals surface area (Å²) in [4.78, 5) is 3.99. The molecule has 1 heterocycles. The average molecular weight is 298 g/mol. The number of pyridine rings is 1. The van der Waals surface area contributed by atoms with E-state index in [-0.39, 0.29) is 0 Å². The van der Waals surface area contributed by atoms with E-state index in [9.17, 15) is 0 Å². The van der Waals surface area contributed by atoms with Gasteiger partial charge in [0, 0.05) is 0 Å². The highest BCUT2D eigenvalue weighted by Crippen LogP contribution is 2.13. The van der Waals surface area contributed by atoms with Crippen molar-refractivity contribution in [3.63, 3.8) is 0 Å². The molecule has 0 radical (unpaired) electrons. The molecular formula is C17H28ClNO. The normalized spacial score (nSPS) is 10.7. The van der Waals surface area contributed by atoms with Gasteiger partial charge in [0.05, 0.1) is 12.8 Å². The standard InChI is InChI=1S/C17H28ClNO/c1-2-3-4-5-6-7-8-9-10-11-14-20-16-12-13-17(18)19-15-16/h12-13,15H,2-11,14H2,1H3. The van der Waals surface area contributed by atoms with Gasteiger partial charge in [0.15, 0.2) is 0 Å². The Hall–Kier alpha value is -0.760. The van der Waals surface area contributed by atoms with Crippen LogP contribution in [0.2, 0.25) is 5.15 Å². The molecule has 0 spiro atoms. The Morgan fingerprint density at radius 2 is 1.50 bits per heavy atom. The Balaban J connectivity index is 1.84. The van der Waals surface area contributed by atoms with Gasteiger partial charge in [-0.3, -0.25) is 0 Å². The molecule has 0 aromatic carbocycles. The van der Waals surface area contributed by atoms with Crippen LogP contribution in [0.1, 0.15) is 71.1 Å². The molecule has 1 aromatic heterocycles. The van der Waals surface area contributed by atoms with Crippen molar-refractivity contribution >= 4 is 11.6 Å². The summed E-state index contributed by atoms with van der Waals surface area (Å²) < 4.78 is 5.61. The fourth-order valence-corrected chi connectivity index (χ4v) is 2.34. The highest BCUT2D eigenvalue weighted by molar-refractivity contribution is 6.29. The minimum atomic E-state index is 0.510. The van der Waals surface area contributed by atoms with Crippen LogP contribution in [0.5, 0.6) is 5.75 Å². The first-order valence-electron chi connectivity index (χ1n) is 8.07. The first-order valence-corrected chi connectivity index (χ1v) is 8.45. The fraction of sp³-hybridized carbons (Fsp3) is 0.706. The second-order valence-corrected chi connectivity index (χ2v) is 5.73. The van der Waals surface area contributed by atoms with Gasteiger partial charge in [0.25, 0.3) is 0 Å². The van der Waals surface area contributed by atoms with Crippen LogP contribution in [0.4, 0.5) is 0 Å². The van der Waals surface area contributed by atoms with Gasteiger partial charge in [0.1, 0.15) is 10.9 Å². The summed E-state index contributed by atoms with van der Waals surface area (Å²) in [6.07, 6.45) is 15.1. The van der Waals surface area contributed by atoms with Crippen molar-refractivity contribution < 1.29 is 4.74 Å². The monoisotopic (exact) mass is 297 g/mol. The van der Waals surface area contributed by atoms with E-state index in [0.29, 0.717) is 5.15 Å². The van der Waals surface area contributed by atoms with Crippen LogP contribution < -0.4 is 4.74 Å². The summed E-state index contributed by atoms with van der Waals surface area (Å²) in [6, 6.07) is 3.63. The molecule has 3 heteroatoms. The predicted octanol–water partition coefficient (Wildman–Crippen LogP) is 6.03. The number of hydrogen-bond donors (Lipinski definition) is 0. The molecule has 1 rings (SSSR count). The Labute approximate surface area is 128 Å². The van der Waals surface area contributed by atoms with E-state index in [2.05, 4.69) is 11.9 Å². The Morgan fingerprint density at radius 1 is 0.900 bits per heavy atom. The summed E-state index contributed by atoms with van der Waals surface area (Å²) >= 11 is 5.72. The summed E-state index contributed by atoms with van der Waals surface area (Å²) in [5.74, 6) is 0.810. The molecule has 0 amide bonds. The maximum atomic E-state index is 5.72. The summed E-state index contributed by atoms with van der Waals surface area (Å²) in [6.45, 7) is 3.04. The molecule has 0 bridgehead atoms. The van der Waals surface area contributed by atoms with Crippen molar-refractivity contribution in [3.05, 3.63) is 23.5 Å². The lowest BCUT2D eigenvalue weighted by molar-refractivity contribution is 0.303. The lowest BCUT2D eigenvalue weighted by Gasteiger charge is -2.05. The molecule has 1 aromatic rings. The maximum Gasteiger partial charge on any atom is 0.137 e. The molecule has 0 aliphatic rings. The van der Waals surface area contributed by atoms with E-state index in [4.69, 9.17) is 16.3 Å². The van der Waals surface area contributed by atoms with Gasteiger partial charge >= 0.3 is 0 Å². The van der Waals surface area contributed by atoms with Gasteiger partial charge in [0.2, 0.25) is 0 Å². The predicted molar refractivity (Wildman–Crippen MR) is 86.6 cm³/mol. The zero-order valence-corrected chi connectivity index (χ0v) is 13.5. The number of hydrogen-bond acceptors (Lipinski definition) is 2. The molecule has 2 nitrogen and oxygen atoms in total. The molecule has 0 saturated heterocycles. The highest BCUT2D eigenvalue weighted by atomic mass is 35.5. The van der Waals surface area contributed by atoms with Crippen LogP contribution in [0.3, 0.4) is 0 Å². The number of aromatic nitrogens is 1. The highest BCUT2D eigenvalue weighted by Gasteiger charge is 1.96. The largest absolute Gasteiger partial charge is 0.492 e. The lowest BCUT2D eigenvalue weighted by Crippen LogP contribution is -1.97. The van der Waals surface area contributed by atoms with Gasteiger partial charge < -0.3 is 4.74 Å². The molecule has 114 valence electrons. The minimum absolute atomic E-state index is 0.510. The molecule has 0 atom stereocenters. The number of ether oxygens (including phenoxy) is 1. The van der Waals surface area contributed by atoms with Gasteiger partial charge in [-0.15, -0.1) is 0 Å². The SMILES string of the molecule is CCCCCCCCCCCCOc1ccc(Cl)nc1. The third-order valence-corrected chi connectivity index (χ3v) is 3.69. The summed E-state index contributed by atoms with van der Waals surface area (Å²) in [7, 11) is 0. The smallest absolute Gasteiger partial charge is 0.137 e. The molecule has 0 aliphatic heterocycles. The molecule has 20 heavy (non-hydrogen) atoms. The lowest BCUT2D eigenvalue weighted by atomic mass is 10.1. The average Bonchev–Trinajstić information content (AvgIpc) is 2.47. The van der Waals surface area contributed by atoms with E-state index >= 15 is 0 Å². The van der Waals surface area contributed by atoms with Gasteiger partial charge in [-0.1, -0.05) is 76.3 Å². The summed E-state index contributed by atoms with van der Waals surface area (Å²) in [5.41, 5.74) is 0. The van der Waals surface area contributed by atoms with Crippen molar-refractivity contribution in [2.45, 2.75) is 71.1 Å². The maximum absolute atomic E-state index is 5.72. The van der Waals surface area contributed by atoms with E-state index in [1.165, 1.54) is 57.8 Å². The first kappa shape index (κ1) is 17.3. The molecule has 0 unspecified atom stereocenters. The van der Waals surface area contributed by atoms with E-state index in [1.807, 2.05) is 6.07 Å². The third-order valence-electron chi connectivity index (χ3n) is 3.47. The Bertz CT molecular complexity index is 326. The van der Waals surface area contributed by atoms with Crippen LogP contribution in [0, 0.1) is 0 Å². The minimum Gasteiger partial charge on any atom is -0.492 e. The number of unbranched alkanes of at least 4 members (excludes halogenated alkanes) is 9. The van der Waals surface area contributed by atoms with E-state index in [1.54, 1.807) is 12.3 Å². The third kappa shape index (κ3) is 9.19. The molecule has 0 saturated carbocycles. The van der Waals surface area contributed by atoms with Crippen molar-refractivity contribution in [1.29, 1.82) is 0 Å². The second kappa shape index (κ2) is 12.0. The van der Waals surface area contributed by atoms with Gasteiger partial charge in [-0.05, 0) is 18.6 Å². The Kier molecular flexibility index (Phi) is 10.4. The van der Waals surface area contributed by atoms with Gasteiger partial charge in [-0.25, -0.2) is 4.98 Å². The zero-order chi connectivity index (χ0) is 14.5. The molecule has 0 N–H and O–H groups in total. The van der Waals surface area contributed by atoms with Crippen molar-refractivity contribution in [1.82, 2.24) is 4.98 Å². The van der Waals surface area contributed by atoms with Crippen molar-refractivity contribution in [3.8, 4) is 5.75 Å². The van der Waals surface area contributed by atoms with Crippen molar-refractivity contribution in [2.24, 2.45) is 0 Å². The molecule has 0 fully saturated rings. The zero-order valence-electron chi connectivity index (χ0n) is 12.7. The molecular weight excluding hydrogens is 270 g/mol. The summed E-state index contributed by atoms with van der Waals surface area (Å²) in [5, 5.41) is 0.510. The first-order chi connectivity index (χ1) is 9.83. The topological polar surface area (TPSA) is 22.1 Å². The van der Waals surface area contributed by atoms with Crippen molar-refractivity contribution in [2.75, 3.05) is 6.61 Å². The number of halogens is 1. The number of nitrogens with zero attached hydrogens (tertiary/aromatic N) is 1. The van der Waals surface area contributed by atoms with E-state index < -0.39 is 0 Å². The Morgan fingerprint density at radius 3 is 2.05 bits per heavy atom. The van der Waals surface area contributed by atoms with Crippen LogP contribution in [0.15, 0.2) is 18.3 Å². The quantitative estimate of drug-likeness (QED) is 0.347. The van der Waals surface area contributed by atoms with Gasteiger partial charge in [-0.2, -0.15) is 0 Å². The number of rotatable bonds is 12. The van der Waals surface area contributed by atoms with Crippen LogP contribution in [0.25, 0.3) is 0 Å². The van der Waals surface area contributed by atoms with Crippen LogP contribution >= 0.6 is 11.6 Å². The molecule has 0 aliphatic carbocycles.